The zero-order valence-corrected chi connectivity index (χ0v) is 13.6. The van der Waals surface area contributed by atoms with Crippen LogP contribution in [0.5, 0.6) is 0 Å². The number of aliphatic carboxylic acids is 1. The van der Waals surface area contributed by atoms with E-state index in [1.807, 2.05) is 30.3 Å². The lowest BCUT2D eigenvalue weighted by atomic mass is 10.2. The summed E-state index contributed by atoms with van der Waals surface area (Å²) in [4.78, 5) is 36.5. The summed E-state index contributed by atoms with van der Waals surface area (Å²) in [6.45, 7) is -0.243. The molecular formula is C18H14N4O4. The van der Waals surface area contributed by atoms with Gasteiger partial charge in [0.1, 0.15) is 6.54 Å². The maximum absolute atomic E-state index is 12.7. The Morgan fingerprint density at radius 1 is 0.923 bits per heavy atom. The summed E-state index contributed by atoms with van der Waals surface area (Å²) in [7, 11) is 0. The van der Waals surface area contributed by atoms with Gasteiger partial charge >= 0.3 is 17.1 Å². The normalized spacial score (nSPS) is 11.2. The molecule has 0 unspecified atom stereocenters. The van der Waals surface area contributed by atoms with Crippen molar-refractivity contribution in [3.63, 3.8) is 0 Å². The number of benzene rings is 2. The number of imidazole rings is 1. The molecule has 1 N–H and O–H groups in total. The molecule has 0 radical (unpaired) electrons. The molecule has 4 rings (SSSR count). The van der Waals surface area contributed by atoms with Gasteiger partial charge in [-0.3, -0.25) is 19.0 Å². The third-order valence-electron chi connectivity index (χ3n) is 4.15. The van der Waals surface area contributed by atoms with E-state index in [1.165, 1.54) is 8.97 Å². The van der Waals surface area contributed by atoms with E-state index in [0.717, 1.165) is 10.2 Å². The lowest BCUT2D eigenvalue weighted by Crippen LogP contribution is -2.40. The molecule has 0 aliphatic rings. The van der Waals surface area contributed by atoms with Crippen LogP contribution in [0.4, 0.5) is 0 Å². The van der Waals surface area contributed by atoms with Gasteiger partial charge in [-0.1, -0.05) is 42.5 Å². The molecule has 0 aliphatic carbocycles. The molecule has 2 heterocycles. The molecule has 4 aromatic rings. The molecule has 26 heavy (non-hydrogen) atoms. The average Bonchev–Trinajstić information content (AvgIpc) is 2.94. The van der Waals surface area contributed by atoms with Crippen LogP contribution in [0.25, 0.3) is 16.8 Å². The second kappa shape index (κ2) is 5.99. The Morgan fingerprint density at radius 3 is 2.27 bits per heavy atom. The number of hydrogen-bond donors (Lipinski definition) is 1. The van der Waals surface area contributed by atoms with Crippen molar-refractivity contribution in [3.8, 4) is 0 Å². The van der Waals surface area contributed by atoms with Gasteiger partial charge in [0.25, 0.3) is 0 Å². The van der Waals surface area contributed by atoms with E-state index in [2.05, 4.69) is 5.10 Å². The fraction of sp³-hybridized carbons (Fsp3) is 0.111. The molecule has 8 heteroatoms. The number of aromatic nitrogens is 4. The van der Waals surface area contributed by atoms with Gasteiger partial charge in [0.15, 0.2) is 0 Å². The molecule has 2 aromatic carbocycles. The van der Waals surface area contributed by atoms with Crippen molar-refractivity contribution in [3.05, 3.63) is 80.9 Å². The minimum absolute atomic E-state index is 0.120. The highest BCUT2D eigenvalue weighted by atomic mass is 16.4. The van der Waals surface area contributed by atoms with Crippen LogP contribution in [-0.4, -0.2) is 29.8 Å². The van der Waals surface area contributed by atoms with Crippen molar-refractivity contribution in [1.82, 2.24) is 18.7 Å². The van der Waals surface area contributed by atoms with Gasteiger partial charge in [0.2, 0.25) is 5.78 Å². The Hall–Kier alpha value is -3.68. The Balaban J connectivity index is 2.04. The van der Waals surface area contributed by atoms with Crippen molar-refractivity contribution in [2.75, 3.05) is 0 Å². The summed E-state index contributed by atoms with van der Waals surface area (Å²) in [5, 5.41) is 13.5. The van der Waals surface area contributed by atoms with Crippen molar-refractivity contribution >= 4 is 22.8 Å². The van der Waals surface area contributed by atoms with E-state index in [0.29, 0.717) is 11.0 Å². The van der Waals surface area contributed by atoms with E-state index in [1.54, 1.807) is 24.3 Å². The van der Waals surface area contributed by atoms with E-state index in [-0.39, 0.29) is 18.9 Å². The lowest BCUT2D eigenvalue weighted by molar-refractivity contribution is -0.137. The highest BCUT2D eigenvalue weighted by Gasteiger charge is 2.18. The smallest absolute Gasteiger partial charge is 0.333 e. The largest absolute Gasteiger partial charge is 0.480 e. The minimum atomic E-state index is -1.07. The van der Waals surface area contributed by atoms with Crippen LogP contribution in [0.1, 0.15) is 5.56 Å². The average molecular weight is 350 g/mol. The number of hydrogen-bond acceptors (Lipinski definition) is 4. The predicted molar refractivity (Wildman–Crippen MR) is 94.4 cm³/mol. The standard InChI is InChI=1S/C18H14N4O4/c23-15(24)11-20-13-8-4-5-9-14(13)22-17(26)16(25)21(19-18(20)22)10-12-6-2-1-3-7-12/h1-9H,10-11H2,(H,23,24). The number of para-hydroxylation sites is 2. The van der Waals surface area contributed by atoms with Gasteiger partial charge in [-0.05, 0) is 17.7 Å². The third-order valence-corrected chi connectivity index (χ3v) is 4.15. The molecule has 0 fully saturated rings. The van der Waals surface area contributed by atoms with Gasteiger partial charge in [-0.15, -0.1) is 5.10 Å². The molecule has 130 valence electrons. The summed E-state index contributed by atoms with van der Waals surface area (Å²) in [6.07, 6.45) is 0. The highest BCUT2D eigenvalue weighted by molar-refractivity contribution is 5.82. The minimum Gasteiger partial charge on any atom is -0.480 e. The number of carboxylic acids is 1. The summed E-state index contributed by atoms with van der Waals surface area (Å²) >= 11 is 0. The molecule has 0 aliphatic heterocycles. The molecule has 0 bridgehead atoms. The summed E-state index contributed by atoms with van der Waals surface area (Å²) in [5.41, 5.74) is 0.268. The number of carboxylic acid groups (broad SMARTS) is 1. The maximum atomic E-state index is 12.7. The molecule has 0 saturated carbocycles. The van der Waals surface area contributed by atoms with Crippen LogP contribution in [0, 0.1) is 0 Å². The molecular weight excluding hydrogens is 336 g/mol. The first-order valence-electron chi connectivity index (χ1n) is 7.93. The SMILES string of the molecule is O=C(O)Cn1c2ccccc2n2c(=O)c(=O)n(Cc3ccccc3)nc12. The molecule has 0 amide bonds. The molecule has 0 spiro atoms. The number of nitrogens with zero attached hydrogens (tertiary/aromatic N) is 4. The molecule has 0 atom stereocenters. The predicted octanol–water partition coefficient (Wildman–Crippen LogP) is 0.944. The zero-order chi connectivity index (χ0) is 18.3. The van der Waals surface area contributed by atoms with Crippen molar-refractivity contribution in [2.24, 2.45) is 0 Å². The monoisotopic (exact) mass is 350 g/mol. The van der Waals surface area contributed by atoms with Crippen LogP contribution < -0.4 is 11.1 Å². The van der Waals surface area contributed by atoms with Gasteiger partial charge in [-0.2, -0.15) is 0 Å². The summed E-state index contributed by atoms with van der Waals surface area (Å²) in [5.74, 6) is -0.947. The lowest BCUT2D eigenvalue weighted by Gasteiger charge is -2.06. The van der Waals surface area contributed by atoms with Crippen LogP contribution in [-0.2, 0) is 17.9 Å². The van der Waals surface area contributed by atoms with E-state index >= 15 is 0 Å². The van der Waals surface area contributed by atoms with Crippen molar-refractivity contribution in [2.45, 2.75) is 13.1 Å². The second-order valence-electron chi connectivity index (χ2n) is 5.86. The molecule has 8 nitrogen and oxygen atoms in total. The number of fused-ring (bicyclic) bond motifs is 3. The maximum Gasteiger partial charge on any atom is 0.333 e. The van der Waals surface area contributed by atoms with Crippen LogP contribution in [0.3, 0.4) is 0 Å². The van der Waals surface area contributed by atoms with Gasteiger partial charge < -0.3 is 5.11 Å². The summed E-state index contributed by atoms with van der Waals surface area (Å²) < 4.78 is 3.66. The fourth-order valence-electron chi connectivity index (χ4n) is 3.03. The highest BCUT2D eigenvalue weighted by Crippen LogP contribution is 2.17. The van der Waals surface area contributed by atoms with E-state index in [4.69, 9.17) is 0 Å². The molecule has 2 aromatic heterocycles. The van der Waals surface area contributed by atoms with E-state index in [9.17, 15) is 19.5 Å². The fourth-order valence-corrected chi connectivity index (χ4v) is 3.03. The second-order valence-corrected chi connectivity index (χ2v) is 5.86. The summed E-state index contributed by atoms with van der Waals surface area (Å²) in [6, 6.07) is 16.0. The Morgan fingerprint density at radius 2 is 1.58 bits per heavy atom. The number of carbonyl (C=O) groups is 1. The van der Waals surface area contributed by atoms with Gasteiger partial charge in [-0.25, -0.2) is 9.08 Å². The Bertz CT molecular complexity index is 1250. The van der Waals surface area contributed by atoms with Crippen molar-refractivity contribution < 1.29 is 9.90 Å². The first-order valence-corrected chi connectivity index (χ1v) is 7.93. The van der Waals surface area contributed by atoms with Crippen LogP contribution in [0.2, 0.25) is 0 Å². The van der Waals surface area contributed by atoms with Gasteiger partial charge in [0.05, 0.1) is 17.6 Å². The van der Waals surface area contributed by atoms with E-state index < -0.39 is 17.1 Å². The van der Waals surface area contributed by atoms with Crippen LogP contribution >= 0.6 is 0 Å². The quantitative estimate of drug-likeness (QED) is 0.553. The Kier molecular flexibility index (Phi) is 3.65. The van der Waals surface area contributed by atoms with Gasteiger partial charge in [0, 0.05) is 0 Å². The third kappa shape index (κ3) is 2.48. The first kappa shape index (κ1) is 15.8. The van der Waals surface area contributed by atoms with Crippen molar-refractivity contribution in [1.29, 1.82) is 0 Å². The zero-order valence-electron chi connectivity index (χ0n) is 13.6. The van der Waals surface area contributed by atoms with Crippen LogP contribution in [0.15, 0.2) is 64.2 Å². The Labute approximate surface area is 146 Å². The molecule has 0 saturated heterocycles. The topological polar surface area (TPSA) is 98.6 Å². The number of rotatable bonds is 4. The first-order chi connectivity index (χ1) is 12.6.